The van der Waals surface area contributed by atoms with Crippen molar-refractivity contribution in [2.24, 2.45) is 0 Å². The van der Waals surface area contributed by atoms with Crippen molar-refractivity contribution in [1.82, 2.24) is 4.90 Å². The first-order valence-corrected chi connectivity index (χ1v) is 6.04. The maximum absolute atomic E-state index is 11.7. The maximum atomic E-state index is 11.7. The highest BCUT2D eigenvalue weighted by molar-refractivity contribution is 6.58. The van der Waals surface area contributed by atoms with Crippen LogP contribution in [-0.2, 0) is 11.3 Å². The number of hydrogen-bond donors (Lipinski definition) is 0. The first-order chi connectivity index (χ1) is 7.49. The average Bonchev–Trinajstić information content (AvgIpc) is 2.49. The van der Waals surface area contributed by atoms with Crippen molar-refractivity contribution in [3.05, 3.63) is 34.9 Å². The normalized spacial score (nSPS) is 19.2. The second-order valence-corrected chi connectivity index (χ2v) is 5.73. The molecule has 0 aliphatic carbocycles. The van der Waals surface area contributed by atoms with E-state index in [1.54, 1.807) is 17.0 Å². The number of rotatable bonds is 2. The SMILES string of the molecule is O=C1N(Cc2ccc(Cl)cc2)CCC1(Cl)Cl. The van der Waals surface area contributed by atoms with Crippen molar-refractivity contribution >= 4 is 40.7 Å². The molecule has 1 aromatic rings. The zero-order valence-electron chi connectivity index (χ0n) is 8.42. The molecule has 0 saturated carbocycles. The Balaban J connectivity index is 2.07. The molecule has 0 aromatic heterocycles. The Bertz CT molecular complexity index is 402. The summed E-state index contributed by atoms with van der Waals surface area (Å²) >= 11 is 17.5. The van der Waals surface area contributed by atoms with Gasteiger partial charge in [-0.3, -0.25) is 4.79 Å². The summed E-state index contributed by atoms with van der Waals surface area (Å²) < 4.78 is -1.24. The number of amides is 1. The van der Waals surface area contributed by atoms with E-state index in [1.807, 2.05) is 12.1 Å². The van der Waals surface area contributed by atoms with Crippen LogP contribution in [0, 0.1) is 0 Å². The number of carbonyl (C=O) groups is 1. The fraction of sp³-hybridized carbons (Fsp3) is 0.364. The van der Waals surface area contributed by atoms with E-state index in [-0.39, 0.29) is 5.91 Å². The van der Waals surface area contributed by atoms with E-state index in [1.165, 1.54) is 0 Å². The molecule has 1 aromatic carbocycles. The van der Waals surface area contributed by atoms with Gasteiger partial charge in [0.25, 0.3) is 5.91 Å². The lowest BCUT2D eigenvalue weighted by atomic mass is 10.2. The monoisotopic (exact) mass is 277 g/mol. The minimum Gasteiger partial charge on any atom is -0.336 e. The van der Waals surface area contributed by atoms with Gasteiger partial charge in [-0.1, -0.05) is 46.9 Å². The van der Waals surface area contributed by atoms with Crippen LogP contribution >= 0.6 is 34.8 Å². The number of hydrogen-bond acceptors (Lipinski definition) is 1. The highest BCUT2D eigenvalue weighted by atomic mass is 35.5. The third kappa shape index (κ3) is 2.45. The summed E-state index contributed by atoms with van der Waals surface area (Å²) in [7, 11) is 0. The molecular formula is C11H10Cl3NO. The second-order valence-electron chi connectivity index (χ2n) is 3.81. The van der Waals surface area contributed by atoms with Crippen LogP contribution in [0.15, 0.2) is 24.3 Å². The van der Waals surface area contributed by atoms with E-state index in [9.17, 15) is 4.79 Å². The van der Waals surface area contributed by atoms with Crippen LogP contribution in [0.25, 0.3) is 0 Å². The molecule has 0 N–H and O–H groups in total. The van der Waals surface area contributed by atoms with Gasteiger partial charge in [0.1, 0.15) is 0 Å². The number of alkyl halides is 2. The van der Waals surface area contributed by atoms with Crippen molar-refractivity contribution < 1.29 is 4.79 Å². The largest absolute Gasteiger partial charge is 0.336 e. The molecule has 0 unspecified atom stereocenters. The van der Waals surface area contributed by atoms with Gasteiger partial charge >= 0.3 is 0 Å². The number of halogens is 3. The van der Waals surface area contributed by atoms with Crippen molar-refractivity contribution in [3.8, 4) is 0 Å². The van der Waals surface area contributed by atoms with E-state index in [0.29, 0.717) is 24.5 Å². The highest BCUT2D eigenvalue weighted by Gasteiger charge is 2.43. The number of carbonyl (C=O) groups excluding carboxylic acids is 1. The van der Waals surface area contributed by atoms with E-state index < -0.39 is 4.33 Å². The quantitative estimate of drug-likeness (QED) is 0.761. The standard InChI is InChI=1S/C11H10Cl3NO/c12-9-3-1-8(2-4-9)7-15-6-5-11(13,14)10(15)16/h1-4H,5-7H2. The number of likely N-dealkylation sites (tertiary alicyclic amines) is 1. The van der Waals surface area contributed by atoms with Gasteiger partial charge in [0.05, 0.1) is 0 Å². The molecule has 5 heteroatoms. The van der Waals surface area contributed by atoms with E-state index in [4.69, 9.17) is 34.8 Å². The van der Waals surface area contributed by atoms with Crippen LogP contribution in [0.2, 0.25) is 5.02 Å². The van der Waals surface area contributed by atoms with Gasteiger partial charge in [0, 0.05) is 24.5 Å². The summed E-state index contributed by atoms with van der Waals surface area (Å²) in [5, 5.41) is 0.681. The molecular weight excluding hydrogens is 268 g/mol. The van der Waals surface area contributed by atoms with Crippen LogP contribution < -0.4 is 0 Å². The summed E-state index contributed by atoms with van der Waals surface area (Å²) in [6.45, 7) is 1.12. The van der Waals surface area contributed by atoms with Crippen molar-refractivity contribution in [3.63, 3.8) is 0 Å². The summed E-state index contributed by atoms with van der Waals surface area (Å²) in [5.41, 5.74) is 1.02. The topological polar surface area (TPSA) is 20.3 Å². The predicted molar refractivity (Wildman–Crippen MR) is 65.9 cm³/mol. The lowest BCUT2D eigenvalue weighted by Crippen LogP contribution is -2.31. The summed E-state index contributed by atoms with van der Waals surface area (Å²) in [4.78, 5) is 13.4. The lowest BCUT2D eigenvalue weighted by molar-refractivity contribution is -0.128. The molecule has 1 aliphatic heterocycles. The lowest BCUT2D eigenvalue weighted by Gasteiger charge is -2.17. The Morgan fingerprint density at radius 3 is 2.38 bits per heavy atom. The average molecular weight is 279 g/mol. The zero-order chi connectivity index (χ0) is 11.8. The van der Waals surface area contributed by atoms with Crippen LogP contribution in [0.5, 0.6) is 0 Å². The third-order valence-corrected chi connectivity index (χ3v) is 3.54. The Morgan fingerprint density at radius 2 is 1.88 bits per heavy atom. The fourth-order valence-electron chi connectivity index (χ4n) is 1.68. The molecule has 2 rings (SSSR count). The molecule has 0 spiro atoms. The van der Waals surface area contributed by atoms with Crippen LogP contribution in [-0.4, -0.2) is 21.7 Å². The van der Waals surface area contributed by atoms with Gasteiger partial charge in [0.15, 0.2) is 4.33 Å². The molecule has 1 amide bonds. The van der Waals surface area contributed by atoms with Crippen LogP contribution in [0.3, 0.4) is 0 Å². The van der Waals surface area contributed by atoms with Gasteiger partial charge in [-0.25, -0.2) is 0 Å². The summed E-state index contributed by atoms with van der Waals surface area (Å²) in [5.74, 6) is -0.217. The molecule has 1 aliphatic rings. The Morgan fingerprint density at radius 1 is 1.25 bits per heavy atom. The molecule has 0 atom stereocenters. The highest BCUT2D eigenvalue weighted by Crippen LogP contribution is 2.34. The molecule has 86 valence electrons. The minimum atomic E-state index is -1.24. The Kier molecular flexibility index (Phi) is 3.34. The number of benzene rings is 1. The van der Waals surface area contributed by atoms with Gasteiger partial charge in [-0.2, -0.15) is 0 Å². The van der Waals surface area contributed by atoms with Crippen molar-refractivity contribution in [1.29, 1.82) is 0 Å². The summed E-state index contributed by atoms with van der Waals surface area (Å²) in [6.07, 6.45) is 0.475. The second kappa shape index (κ2) is 4.44. The van der Waals surface area contributed by atoms with Gasteiger partial charge < -0.3 is 4.90 Å². The fourth-order valence-corrected chi connectivity index (χ4v) is 2.21. The van der Waals surface area contributed by atoms with E-state index >= 15 is 0 Å². The smallest absolute Gasteiger partial charge is 0.259 e. The Hall–Kier alpha value is -0.440. The number of nitrogens with zero attached hydrogens (tertiary/aromatic N) is 1. The predicted octanol–water partition coefficient (Wildman–Crippen LogP) is 3.25. The molecule has 1 heterocycles. The van der Waals surface area contributed by atoms with Crippen molar-refractivity contribution in [2.75, 3.05) is 6.54 Å². The first-order valence-electron chi connectivity index (χ1n) is 4.91. The van der Waals surface area contributed by atoms with E-state index in [0.717, 1.165) is 5.56 Å². The maximum Gasteiger partial charge on any atom is 0.259 e. The first kappa shape index (κ1) is 12.0. The van der Waals surface area contributed by atoms with Gasteiger partial charge in [0.2, 0.25) is 0 Å². The van der Waals surface area contributed by atoms with Crippen molar-refractivity contribution in [2.45, 2.75) is 17.3 Å². The Labute approximate surface area is 109 Å². The molecule has 1 fully saturated rings. The van der Waals surface area contributed by atoms with Gasteiger partial charge in [-0.05, 0) is 17.7 Å². The van der Waals surface area contributed by atoms with Gasteiger partial charge in [-0.15, -0.1) is 0 Å². The third-order valence-electron chi connectivity index (χ3n) is 2.58. The van der Waals surface area contributed by atoms with E-state index in [2.05, 4.69) is 0 Å². The van der Waals surface area contributed by atoms with Crippen LogP contribution in [0.4, 0.5) is 0 Å². The minimum absolute atomic E-state index is 0.217. The molecule has 16 heavy (non-hydrogen) atoms. The molecule has 1 saturated heterocycles. The van der Waals surface area contributed by atoms with Crippen LogP contribution in [0.1, 0.15) is 12.0 Å². The molecule has 0 radical (unpaired) electrons. The molecule has 0 bridgehead atoms. The molecule has 2 nitrogen and oxygen atoms in total. The zero-order valence-corrected chi connectivity index (χ0v) is 10.7. The summed E-state index contributed by atoms with van der Waals surface area (Å²) in [6, 6.07) is 7.37.